The maximum absolute atomic E-state index is 12.5. The smallest absolute Gasteiger partial charge is 0.231 e. The molecule has 1 aliphatic heterocycles. The largest absolute Gasteiger partial charge is 0.355 e. The van der Waals surface area contributed by atoms with Gasteiger partial charge in [-0.1, -0.05) is 0 Å². The molecule has 3 aromatic heterocycles. The number of fused-ring (bicyclic) bond motifs is 1. The van der Waals surface area contributed by atoms with E-state index in [-0.39, 0.29) is 11.8 Å². The molecule has 3 aromatic rings. The molecule has 0 radical (unpaired) electrons. The molecular formula is C15H15N5OS2. The first kappa shape index (κ1) is 14.5. The van der Waals surface area contributed by atoms with Crippen LogP contribution in [0, 0.1) is 5.92 Å². The SMILES string of the molecule is O=C(Nc1nccs1)[C@H]1CCCN(c2ncnc3sccc23)C1. The van der Waals surface area contributed by atoms with E-state index in [0.717, 1.165) is 35.4 Å². The Labute approximate surface area is 141 Å². The van der Waals surface area contributed by atoms with E-state index in [4.69, 9.17) is 0 Å². The van der Waals surface area contributed by atoms with Crippen molar-refractivity contribution in [1.82, 2.24) is 15.0 Å². The van der Waals surface area contributed by atoms with Gasteiger partial charge in [-0.15, -0.1) is 22.7 Å². The highest BCUT2D eigenvalue weighted by molar-refractivity contribution is 7.16. The fourth-order valence-electron chi connectivity index (χ4n) is 2.91. The molecular weight excluding hydrogens is 330 g/mol. The van der Waals surface area contributed by atoms with Crippen LogP contribution >= 0.6 is 22.7 Å². The van der Waals surface area contributed by atoms with Crippen LogP contribution in [0.25, 0.3) is 10.2 Å². The van der Waals surface area contributed by atoms with E-state index in [1.165, 1.54) is 11.3 Å². The van der Waals surface area contributed by atoms with E-state index >= 15 is 0 Å². The summed E-state index contributed by atoms with van der Waals surface area (Å²) in [6, 6.07) is 2.05. The normalized spacial score (nSPS) is 18.3. The van der Waals surface area contributed by atoms with E-state index < -0.39 is 0 Å². The molecule has 1 amide bonds. The number of hydrogen-bond acceptors (Lipinski definition) is 7. The van der Waals surface area contributed by atoms with Crippen LogP contribution in [0.2, 0.25) is 0 Å². The predicted octanol–water partition coefficient (Wildman–Crippen LogP) is 3.00. The summed E-state index contributed by atoms with van der Waals surface area (Å²) in [5.41, 5.74) is 0. The molecule has 1 fully saturated rings. The van der Waals surface area contributed by atoms with Gasteiger partial charge in [0, 0.05) is 24.7 Å². The van der Waals surface area contributed by atoms with Gasteiger partial charge in [0.2, 0.25) is 5.91 Å². The van der Waals surface area contributed by atoms with Crippen LogP contribution in [-0.2, 0) is 4.79 Å². The summed E-state index contributed by atoms with van der Waals surface area (Å²) >= 11 is 3.05. The molecule has 8 heteroatoms. The van der Waals surface area contributed by atoms with Crippen LogP contribution in [0.1, 0.15) is 12.8 Å². The Morgan fingerprint density at radius 2 is 2.22 bits per heavy atom. The molecule has 0 aliphatic carbocycles. The third kappa shape index (κ3) is 2.91. The van der Waals surface area contributed by atoms with Crippen molar-refractivity contribution in [2.24, 2.45) is 5.92 Å². The molecule has 4 heterocycles. The summed E-state index contributed by atoms with van der Waals surface area (Å²) in [6.45, 7) is 1.60. The Kier molecular flexibility index (Phi) is 3.92. The topological polar surface area (TPSA) is 71.0 Å². The number of piperidine rings is 1. The zero-order valence-electron chi connectivity index (χ0n) is 12.3. The fourth-order valence-corrected chi connectivity index (χ4v) is 4.16. The van der Waals surface area contributed by atoms with Crippen molar-refractivity contribution in [2.75, 3.05) is 23.3 Å². The van der Waals surface area contributed by atoms with E-state index in [1.807, 2.05) is 10.8 Å². The average Bonchev–Trinajstić information content (AvgIpc) is 3.25. The molecule has 118 valence electrons. The summed E-state index contributed by atoms with van der Waals surface area (Å²) in [7, 11) is 0. The molecule has 1 saturated heterocycles. The Morgan fingerprint density at radius 1 is 1.26 bits per heavy atom. The number of amides is 1. The summed E-state index contributed by atoms with van der Waals surface area (Å²) in [6.07, 6.45) is 5.17. The molecule has 0 saturated carbocycles. The predicted molar refractivity (Wildman–Crippen MR) is 93.1 cm³/mol. The first-order chi connectivity index (χ1) is 11.3. The zero-order chi connectivity index (χ0) is 15.6. The number of carbonyl (C=O) groups is 1. The average molecular weight is 345 g/mol. The minimum atomic E-state index is -0.0451. The maximum atomic E-state index is 12.5. The first-order valence-electron chi connectivity index (χ1n) is 7.45. The van der Waals surface area contributed by atoms with Gasteiger partial charge in [0.1, 0.15) is 17.0 Å². The minimum Gasteiger partial charge on any atom is -0.355 e. The Hall–Kier alpha value is -2.06. The standard InChI is InChI=1S/C15H15N5OS2/c21-13(19-15-16-4-7-23-15)10-2-1-5-20(8-10)12-11-3-6-22-14(11)18-9-17-12/h3-4,6-7,9-10H,1-2,5,8H2,(H,16,19,21)/t10-/m0/s1. The summed E-state index contributed by atoms with van der Waals surface area (Å²) in [4.78, 5) is 28.5. The number of nitrogens with zero attached hydrogens (tertiary/aromatic N) is 4. The van der Waals surface area contributed by atoms with Gasteiger partial charge in [-0.05, 0) is 24.3 Å². The molecule has 6 nitrogen and oxygen atoms in total. The van der Waals surface area contributed by atoms with Crippen LogP contribution in [0.3, 0.4) is 0 Å². The summed E-state index contributed by atoms with van der Waals surface area (Å²) < 4.78 is 0. The monoisotopic (exact) mass is 345 g/mol. The molecule has 4 rings (SSSR count). The molecule has 1 atom stereocenters. The highest BCUT2D eigenvalue weighted by Crippen LogP contribution is 2.30. The van der Waals surface area contributed by atoms with Crippen LogP contribution < -0.4 is 10.2 Å². The van der Waals surface area contributed by atoms with Gasteiger partial charge in [-0.2, -0.15) is 0 Å². The number of nitrogens with one attached hydrogen (secondary N) is 1. The van der Waals surface area contributed by atoms with E-state index in [2.05, 4.69) is 31.2 Å². The van der Waals surface area contributed by atoms with Gasteiger partial charge in [0.05, 0.1) is 11.3 Å². The van der Waals surface area contributed by atoms with Crippen molar-refractivity contribution < 1.29 is 4.79 Å². The number of aromatic nitrogens is 3. The van der Waals surface area contributed by atoms with Crippen molar-refractivity contribution in [3.8, 4) is 0 Å². The van der Waals surface area contributed by atoms with Gasteiger partial charge in [-0.3, -0.25) is 4.79 Å². The lowest BCUT2D eigenvalue weighted by atomic mass is 9.97. The molecule has 0 unspecified atom stereocenters. The van der Waals surface area contributed by atoms with Gasteiger partial charge in [0.25, 0.3) is 0 Å². The highest BCUT2D eigenvalue weighted by atomic mass is 32.1. The lowest BCUT2D eigenvalue weighted by Crippen LogP contribution is -2.41. The molecule has 0 aromatic carbocycles. The maximum Gasteiger partial charge on any atom is 0.231 e. The lowest BCUT2D eigenvalue weighted by Gasteiger charge is -2.32. The van der Waals surface area contributed by atoms with Crippen molar-refractivity contribution in [1.29, 1.82) is 0 Å². The number of carbonyl (C=O) groups excluding carboxylic acids is 1. The Bertz CT molecular complexity index is 816. The van der Waals surface area contributed by atoms with Gasteiger partial charge < -0.3 is 10.2 Å². The second-order valence-electron chi connectivity index (χ2n) is 5.45. The van der Waals surface area contributed by atoms with E-state index in [0.29, 0.717) is 11.7 Å². The second kappa shape index (κ2) is 6.21. The summed E-state index contributed by atoms with van der Waals surface area (Å²) in [5.74, 6) is 0.930. The van der Waals surface area contributed by atoms with E-state index in [9.17, 15) is 4.79 Å². The zero-order valence-corrected chi connectivity index (χ0v) is 13.9. The number of thiophene rings is 1. The number of hydrogen-bond donors (Lipinski definition) is 1. The van der Waals surface area contributed by atoms with Gasteiger partial charge >= 0.3 is 0 Å². The quantitative estimate of drug-likeness (QED) is 0.790. The van der Waals surface area contributed by atoms with E-state index in [1.54, 1.807) is 23.9 Å². The van der Waals surface area contributed by atoms with Gasteiger partial charge in [0.15, 0.2) is 5.13 Å². The highest BCUT2D eigenvalue weighted by Gasteiger charge is 2.28. The minimum absolute atomic E-state index is 0.0419. The van der Waals surface area contributed by atoms with Crippen molar-refractivity contribution in [2.45, 2.75) is 12.8 Å². The summed E-state index contributed by atoms with van der Waals surface area (Å²) in [5, 5.41) is 8.52. The third-order valence-corrected chi connectivity index (χ3v) is 5.50. The number of rotatable bonds is 3. The van der Waals surface area contributed by atoms with Crippen LogP contribution in [-0.4, -0.2) is 33.9 Å². The van der Waals surface area contributed by atoms with Crippen LogP contribution in [0.5, 0.6) is 0 Å². The van der Waals surface area contributed by atoms with Crippen LogP contribution in [0.4, 0.5) is 10.9 Å². The number of thiazole rings is 1. The fraction of sp³-hybridized carbons (Fsp3) is 0.333. The Morgan fingerprint density at radius 3 is 3.09 bits per heavy atom. The van der Waals surface area contributed by atoms with Crippen molar-refractivity contribution >= 4 is 49.7 Å². The number of anilines is 2. The molecule has 1 N–H and O–H groups in total. The Balaban J connectivity index is 1.53. The lowest BCUT2D eigenvalue weighted by molar-refractivity contribution is -0.120. The van der Waals surface area contributed by atoms with Crippen LogP contribution in [0.15, 0.2) is 29.4 Å². The molecule has 0 spiro atoms. The third-order valence-electron chi connectivity index (χ3n) is 3.99. The second-order valence-corrected chi connectivity index (χ2v) is 7.24. The molecule has 1 aliphatic rings. The van der Waals surface area contributed by atoms with Gasteiger partial charge in [-0.25, -0.2) is 15.0 Å². The van der Waals surface area contributed by atoms with Crippen molar-refractivity contribution in [3.63, 3.8) is 0 Å². The molecule has 23 heavy (non-hydrogen) atoms. The molecule has 0 bridgehead atoms. The van der Waals surface area contributed by atoms with Crippen molar-refractivity contribution in [3.05, 3.63) is 29.4 Å². The first-order valence-corrected chi connectivity index (χ1v) is 9.21.